The molecule has 0 aromatic heterocycles. The molecule has 23 heavy (non-hydrogen) atoms. The second kappa shape index (κ2) is 7.47. The van der Waals surface area contributed by atoms with Crippen molar-refractivity contribution >= 4 is 23.7 Å². The molecule has 7 nitrogen and oxygen atoms in total. The Morgan fingerprint density at radius 2 is 1.87 bits per heavy atom. The van der Waals surface area contributed by atoms with Crippen LogP contribution in [0.4, 0.5) is 23.7 Å². The summed E-state index contributed by atoms with van der Waals surface area (Å²) in [5.74, 6) is -2.06. The molecule has 3 N–H and O–H groups in total. The largest absolute Gasteiger partial charge is 0.452 e. The fourth-order valence-corrected chi connectivity index (χ4v) is 1.45. The van der Waals surface area contributed by atoms with Crippen LogP contribution in [0.3, 0.4) is 0 Å². The number of amides is 2. The summed E-state index contributed by atoms with van der Waals surface area (Å²) in [7, 11) is 0. The third-order valence-corrected chi connectivity index (χ3v) is 2.45. The van der Waals surface area contributed by atoms with E-state index in [4.69, 9.17) is 5.73 Å². The summed E-state index contributed by atoms with van der Waals surface area (Å²) >= 11 is 0. The topological polar surface area (TPSA) is 108 Å². The van der Waals surface area contributed by atoms with Crippen molar-refractivity contribution in [1.29, 1.82) is 0 Å². The van der Waals surface area contributed by atoms with Crippen LogP contribution in [-0.4, -0.2) is 31.2 Å². The summed E-state index contributed by atoms with van der Waals surface area (Å²) in [5.41, 5.74) is 3.57. The molecule has 0 unspecified atom stereocenters. The van der Waals surface area contributed by atoms with Gasteiger partial charge in [0.25, 0.3) is 5.91 Å². The number of ether oxygens (including phenoxy) is 2. The molecule has 0 heterocycles. The molecular formula is C13H13F3N2O5. The Bertz CT molecular complexity index is 616. The molecule has 126 valence electrons. The smallest absolute Gasteiger partial charge is 0.416 e. The molecule has 1 aromatic carbocycles. The van der Waals surface area contributed by atoms with Gasteiger partial charge in [0.15, 0.2) is 6.61 Å². The van der Waals surface area contributed by atoms with Crippen LogP contribution >= 0.6 is 0 Å². The van der Waals surface area contributed by atoms with E-state index in [9.17, 15) is 27.6 Å². The van der Waals surface area contributed by atoms with Crippen LogP contribution in [0.5, 0.6) is 0 Å². The van der Waals surface area contributed by atoms with Crippen LogP contribution < -0.4 is 11.1 Å². The monoisotopic (exact) mass is 334 g/mol. The van der Waals surface area contributed by atoms with Gasteiger partial charge in [-0.2, -0.15) is 13.2 Å². The average Bonchev–Trinajstić information content (AvgIpc) is 2.43. The molecule has 0 aliphatic carbocycles. The lowest BCUT2D eigenvalue weighted by atomic mass is 10.1. The molecule has 0 fully saturated rings. The Labute approximate surface area is 128 Å². The van der Waals surface area contributed by atoms with Crippen molar-refractivity contribution in [3.8, 4) is 0 Å². The first-order chi connectivity index (χ1) is 10.6. The summed E-state index contributed by atoms with van der Waals surface area (Å²) < 4.78 is 46.4. The van der Waals surface area contributed by atoms with Gasteiger partial charge in [0.1, 0.15) is 0 Å². The van der Waals surface area contributed by atoms with E-state index < -0.39 is 42.0 Å². The first-order valence-corrected chi connectivity index (χ1v) is 6.25. The molecule has 10 heteroatoms. The minimum atomic E-state index is -4.60. The molecular weight excluding hydrogens is 321 g/mol. The summed E-state index contributed by atoms with van der Waals surface area (Å²) in [6.07, 6.45) is -5.61. The number of esters is 1. The van der Waals surface area contributed by atoms with Crippen LogP contribution in [0, 0.1) is 0 Å². The van der Waals surface area contributed by atoms with Crippen molar-refractivity contribution in [2.24, 2.45) is 0 Å². The SMILES string of the molecule is CCOC(=O)NC(=O)COC(=O)c1ccc(C(F)(F)F)cc1N. The maximum atomic E-state index is 12.5. The zero-order chi connectivity index (χ0) is 17.6. The number of carbonyl (C=O) groups excluding carboxylic acids is 3. The van der Waals surface area contributed by atoms with Gasteiger partial charge in [0.05, 0.1) is 17.7 Å². The molecule has 0 saturated heterocycles. The molecule has 0 bridgehead atoms. The van der Waals surface area contributed by atoms with Crippen molar-refractivity contribution in [2.45, 2.75) is 13.1 Å². The van der Waals surface area contributed by atoms with Crippen LogP contribution in [0.2, 0.25) is 0 Å². The number of hydrogen-bond acceptors (Lipinski definition) is 6. The zero-order valence-corrected chi connectivity index (χ0v) is 11.9. The van der Waals surface area contributed by atoms with E-state index in [0.29, 0.717) is 12.1 Å². The molecule has 1 aromatic rings. The van der Waals surface area contributed by atoms with Gasteiger partial charge in [0, 0.05) is 5.69 Å². The highest BCUT2D eigenvalue weighted by molar-refractivity contribution is 5.98. The van der Waals surface area contributed by atoms with Crippen LogP contribution in [0.15, 0.2) is 18.2 Å². The Balaban J connectivity index is 2.65. The fourth-order valence-electron chi connectivity index (χ4n) is 1.45. The molecule has 0 saturated carbocycles. The average molecular weight is 334 g/mol. The minimum Gasteiger partial charge on any atom is -0.452 e. The summed E-state index contributed by atoms with van der Waals surface area (Å²) in [5, 5.41) is 1.77. The van der Waals surface area contributed by atoms with Gasteiger partial charge >= 0.3 is 18.2 Å². The van der Waals surface area contributed by atoms with Crippen LogP contribution in [0.25, 0.3) is 0 Å². The normalized spacial score (nSPS) is 10.8. The number of imide groups is 1. The Morgan fingerprint density at radius 3 is 2.39 bits per heavy atom. The van der Waals surface area contributed by atoms with E-state index in [-0.39, 0.29) is 12.2 Å². The number of rotatable bonds is 4. The second-order valence-electron chi connectivity index (χ2n) is 4.14. The van der Waals surface area contributed by atoms with Crippen molar-refractivity contribution < 1.29 is 37.0 Å². The molecule has 2 amide bonds. The highest BCUT2D eigenvalue weighted by Crippen LogP contribution is 2.31. The third-order valence-electron chi connectivity index (χ3n) is 2.45. The van der Waals surface area contributed by atoms with Crippen molar-refractivity contribution in [3.63, 3.8) is 0 Å². The fraction of sp³-hybridized carbons (Fsp3) is 0.308. The lowest BCUT2D eigenvalue weighted by Gasteiger charge is -2.10. The number of hydrogen-bond donors (Lipinski definition) is 2. The number of nitrogen functional groups attached to an aromatic ring is 1. The van der Waals surface area contributed by atoms with Crippen LogP contribution in [0.1, 0.15) is 22.8 Å². The lowest BCUT2D eigenvalue weighted by molar-refractivity contribution is -0.137. The number of alkyl halides is 3. The number of nitrogens with one attached hydrogen (secondary N) is 1. The van der Waals surface area contributed by atoms with Crippen molar-refractivity contribution in [1.82, 2.24) is 5.32 Å². The van der Waals surface area contributed by atoms with E-state index in [1.54, 1.807) is 5.32 Å². The molecule has 1 rings (SSSR count). The molecule has 0 spiro atoms. The zero-order valence-electron chi connectivity index (χ0n) is 11.9. The predicted octanol–water partition coefficient (Wildman–Crippen LogP) is 1.72. The van der Waals surface area contributed by atoms with Crippen molar-refractivity contribution in [2.75, 3.05) is 18.9 Å². The van der Waals surface area contributed by atoms with E-state index in [1.165, 1.54) is 6.92 Å². The Morgan fingerprint density at radius 1 is 1.22 bits per heavy atom. The van der Waals surface area contributed by atoms with Gasteiger partial charge < -0.3 is 15.2 Å². The molecule has 0 aliphatic rings. The van der Waals surface area contributed by atoms with E-state index >= 15 is 0 Å². The van der Waals surface area contributed by atoms with Gasteiger partial charge in [0.2, 0.25) is 0 Å². The van der Waals surface area contributed by atoms with Gasteiger partial charge in [-0.25, -0.2) is 9.59 Å². The van der Waals surface area contributed by atoms with Gasteiger partial charge in [-0.15, -0.1) is 0 Å². The van der Waals surface area contributed by atoms with E-state index in [0.717, 1.165) is 6.07 Å². The predicted molar refractivity (Wildman–Crippen MR) is 71.3 cm³/mol. The molecule has 0 aliphatic heterocycles. The first kappa shape index (κ1) is 18.3. The number of benzene rings is 1. The standard InChI is InChI=1S/C13H13F3N2O5/c1-2-22-12(21)18-10(19)6-23-11(20)8-4-3-7(5-9(8)17)13(14,15)16/h3-5H,2,6,17H2,1H3,(H,18,19,21). The highest BCUT2D eigenvalue weighted by Gasteiger charge is 2.31. The Hall–Kier alpha value is -2.78. The molecule has 0 radical (unpaired) electrons. The maximum absolute atomic E-state index is 12.5. The van der Waals surface area contributed by atoms with Crippen molar-refractivity contribution in [3.05, 3.63) is 29.3 Å². The van der Waals surface area contributed by atoms with Gasteiger partial charge in [-0.3, -0.25) is 10.1 Å². The number of nitrogens with two attached hydrogens (primary N) is 1. The number of halogens is 3. The molecule has 0 atom stereocenters. The first-order valence-electron chi connectivity index (χ1n) is 6.25. The van der Waals surface area contributed by atoms with Crippen LogP contribution in [-0.2, 0) is 20.4 Å². The Kier molecular flexibility index (Phi) is 5.94. The minimum absolute atomic E-state index is 0.0426. The summed E-state index contributed by atoms with van der Waals surface area (Å²) in [4.78, 5) is 33.9. The highest BCUT2D eigenvalue weighted by atomic mass is 19.4. The maximum Gasteiger partial charge on any atom is 0.416 e. The van der Waals surface area contributed by atoms with E-state index in [1.807, 2.05) is 0 Å². The number of carbonyl (C=O) groups is 3. The number of anilines is 1. The third kappa shape index (κ3) is 5.49. The second-order valence-corrected chi connectivity index (χ2v) is 4.14. The van der Waals surface area contributed by atoms with Gasteiger partial charge in [-0.1, -0.05) is 0 Å². The number of alkyl carbamates (subject to hydrolysis) is 1. The summed E-state index contributed by atoms with van der Waals surface area (Å²) in [6, 6.07) is 2.07. The summed E-state index contributed by atoms with van der Waals surface area (Å²) in [6.45, 7) is 0.747. The lowest BCUT2D eigenvalue weighted by Crippen LogP contribution is -2.34. The quantitative estimate of drug-likeness (QED) is 0.641. The van der Waals surface area contributed by atoms with E-state index in [2.05, 4.69) is 9.47 Å². The van der Waals surface area contributed by atoms with Gasteiger partial charge in [-0.05, 0) is 25.1 Å².